The lowest BCUT2D eigenvalue weighted by atomic mass is 9.77. The van der Waals surface area contributed by atoms with E-state index in [1.807, 2.05) is 49.4 Å². The van der Waals surface area contributed by atoms with Crippen molar-refractivity contribution in [2.45, 2.75) is 30.2 Å². The molecule has 2 aliphatic rings. The van der Waals surface area contributed by atoms with Crippen LogP contribution in [-0.4, -0.2) is 8.42 Å². The number of rotatable bonds is 4. The van der Waals surface area contributed by atoms with E-state index < -0.39 is 10.0 Å². The van der Waals surface area contributed by atoms with Gasteiger partial charge in [-0.05, 0) is 78.4 Å². The van der Waals surface area contributed by atoms with E-state index in [1.165, 1.54) is 0 Å². The summed E-state index contributed by atoms with van der Waals surface area (Å²) in [5, 5.41) is 4.67. The molecule has 1 aliphatic carbocycles. The molecule has 0 saturated carbocycles. The molecule has 0 saturated heterocycles. The van der Waals surface area contributed by atoms with Crippen molar-refractivity contribution in [3.05, 3.63) is 99.6 Å². The van der Waals surface area contributed by atoms with E-state index in [1.54, 1.807) is 18.2 Å². The molecule has 0 radical (unpaired) electrons. The molecular weight excluding hydrogens is 463 g/mol. The Morgan fingerprint density at radius 3 is 2.62 bits per heavy atom. The van der Waals surface area contributed by atoms with Crippen LogP contribution in [0.15, 0.2) is 77.7 Å². The standard InChI is InChI=1S/C25H22Cl2N2O2S/c1-15-4-2-5-17(12-15)29-32(30,31)18-9-11-24-21(14-18)19-6-3-7-20(19)25(28-24)16-8-10-22(26)23(27)13-16/h2-6,8-14,19-20,25,28-29H,7H2,1H3/t19-,20-,25-/m1/s1. The molecule has 0 amide bonds. The molecule has 0 fully saturated rings. The van der Waals surface area contributed by atoms with Crippen LogP contribution in [0.5, 0.6) is 0 Å². The minimum Gasteiger partial charge on any atom is -0.378 e. The van der Waals surface area contributed by atoms with Crippen molar-refractivity contribution < 1.29 is 8.42 Å². The predicted octanol–water partition coefficient (Wildman–Crippen LogP) is 6.93. The van der Waals surface area contributed by atoms with Crippen LogP contribution in [0, 0.1) is 12.8 Å². The van der Waals surface area contributed by atoms with E-state index in [0.717, 1.165) is 28.8 Å². The molecule has 4 nitrogen and oxygen atoms in total. The lowest BCUT2D eigenvalue weighted by molar-refractivity contribution is 0.425. The van der Waals surface area contributed by atoms with Gasteiger partial charge in [0.2, 0.25) is 0 Å². The predicted molar refractivity (Wildman–Crippen MR) is 131 cm³/mol. The monoisotopic (exact) mass is 484 g/mol. The Labute approximate surface area is 198 Å². The minimum absolute atomic E-state index is 0.0603. The second-order valence-electron chi connectivity index (χ2n) is 8.37. The summed E-state index contributed by atoms with van der Waals surface area (Å²) in [5.74, 6) is 0.391. The van der Waals surface area contributed by atoms with Gasteiger partial charge in [0, 0.05) is 17.3 Å². The third kappa shape index (κ3) is 3.90. The molecule has 0 spiro atoms. The first-order valence-electron chi connectivity index (χ1n) is 10.4. The summed E-state index contributed by atoms with van der Waals surface area (Å²) < 4.78 is 28.8. The smallest absolute Gasteiger partial charge is 0.261 e. The van der Waals surface area contributed by atoms with E-state index in [0.29, 0.717) is 15.7 Å². The Balaban J connectivity index is 1.49. The molecule has 164 valence electrons. The summed E-state index contributed by atoms with van der Waals surface area (Å²) in [5.41, 5.74) is 4.54. The van der Waals surface area contributed by atoms with E-state index in [4.69, 9.17) is 23.2 Å². The number of fused-ring (bicyclic) bond motifs is 3. The van der Waals surface area contributed by atoms with Crippen molar-refractivity contribution in [2.75, 3.05) is 10.0 Å². The second-order valence-corrected chi connectivity index (χ2v) is 10.9. The molecule has 3 aromatic rings. The molecule has 0 bridgehead atoms. The quantitative estimate of drug-likeness (QED) is 0.394. The summed E-state index contributed by atoms with van der Waals surface area (Å²) in [6, 6.07) is 18.4. The number of aryl methyl sites for hydroxylation is 1. The summed E-state index contributed by atoms with van der Waals surface area (Å²) >= 11 is 12.4. The van der Waals surface area contributed by atoms with Crippen LogP contribution in [0.25, 0.3) is 0 Å². The van der Waals surface area contributed by atoms with Crippen molar-refractivity contribution in [1.29, 1.82) is 0 Å². The number of allylic oxidation sites excluding steroid dienone is 2. The van der Waals surface area contributed by atoms with Gasteiger partial charge in [-0.1, -0.05) is 53.6 Å². The largest absolute Gasteiger partial charge is 0.378 e. The van der Waals surface area contributed by atoms with Crippen LogP contribution in [0.1, 0.15) is 35.1 Å². The molecule has 0 aromatic heterocycles. The van der Waals surface area contributed by atoms with Crippen molar-refractivity contribution >= 4 is 44.6 Å². The Kier molecular flexibility index (Phi) is 5.44. The molecule has 5 rings (SSSR count). The number of nitrogens with one attached hydrogen (secondary N) is 2. The van der Waals surface area contributed by atoms with E-state index >= 15 is 0 Å². The SMILES string of the molecule is Cc1cccc(NS(=O)(=O)c2ccc3c(c2)[C@@H]2C=CC[C@H]2[C@@H](c2ccc(Cl)c(Cl)c2)N3)c1. The first-order chi connectivity index (χ1) is 15.3. The first-order valence-corrected chi connectivity index (χ1v) is 12.7. The molecule has 1 heterocycles. The maximum Gasteiger partial charge on any atom is 0.261 e. The minimum atomic E-state index is -3.70. The molecule has 0 unspecified atom stereocenters. The van der Waals surface area contributed by atoms with Crippen molar-refractivity contribution in [1.82, 2.24) is 0 Å². The van der Waals surface area contributed by atoms with Gasteiger partial charge in [-0.3, -0.25) is 4.72 Å². The maximum absolute atomic E-state index is 13.1. The van der Waals surface area contributed by atoms with E-state index in [-0.39, 0.29) is 22.8 Å². The zero-order valence-corrected chi connectivity index (χ0v) is 19.7. The number of hydrogen-bond acceptors (Lipinski definition) is 3. The fourth-order valence-electron chi connectivity index (χ4n) is 4.70. The van der Waals surface area contributed by atoms with Gasteiger partial charge in [-0.2, -0.15) is 0 Å². The van der Waals surface area contributed by atoms with Gasteiger partial charge in [0.15, 0.2) is 0 Å². The summed E-state index contributed by atoms with van der Waals surface area (Å²) in [6.07, 6.45) is 5.25. The third-order valence-electron chi connectivity index (χ3n) is 6.22. The molecule has 3 atom stereocenters. The first kappa shape index (κ1) is 21.4. The van der Waals surface area contributed by atoms with Gasteiger partial charge in [0.1, 0.15) is 0 Å². The summed E-state index contributed by atoms with van der Waals surface area (Å²) in [6.45, 7) is 1.93. The van der Waals surface area contributed by atoms with Gasteiger partial charge < -0.3 is 5.32 Å². The van der Waals surface area contributed by atoms with Crippen LogP contribution in [0.3, 0.4) is 0 Å². The van der Waals surface area contributed by atoms with Crippen molar-refractivity contribution in [3.8, 4) is 0 Å². The molecule has 32 heavy (non-hydrogen) atoms. The van der Waals surface area contributed by atoms with Crippen LogP contribution < -0.4 is 10.0 Å². The van der Waals surface area contributed by atoms with Crippen LogP contribution in [0.2, 0.25) is 10.0 Å². The Hall–Kier alpha value is -2.47. The molecule has 1 aliphatic heterocycles. The van der Waals surface area contributed by atoms with Gasteiger partial charge in [0.25, 0.3) is 10.0 Å². The van der Waals surface area contributed by atoms with Crippen LogP contribution in [-0.2, 0) is 10.0 Å². The number of anilines is 2. The zero-order chi connectivity index (χ0) is 22.5. The van der Waals surface area contributed by atoms with Gasteiger partial charge in [-0.15, -0.1) is 0 Å². The molecule has 3 aromatic carbocycles. The molecule has 7 heteroatoms. The zero-order valence-electron chi connectivity index (χ0n) is 17.3. The second kappa shape index (κ2) is 8.14. The van der Waals surface area contributed by atoms with E-state index in [9.17, 15) is 8.42 Å². The van der Waals surface area contributed by atoms with Crippen molar-refractivity contribution in [2.24, 2.45) is 5.92 Å². The lowest BCUT2D eigenvalue weighted by Crippen LogP contribution is -2.29. The Morgan fingerprint density at radius 1 is 1.00 bits per heavy atom. The van der Waals surface area contributed by atoms with Crippen LogP contribution in [0.4, 0.5) is 11.4 Å². The van der Waals surface area contributed by atoms with Gasteiger partial charge in [-0.25, -0.2) is 8.42 Å². The number of hydrogen-bond donors (Lipinski definition) is 2. The highest BCUT2D eigenvalue weighted by Gasteiger charge is 2.38. The fraction of sp³-hybridized carbons (Fsp3) is 0.200. The Bertz CT molecular complexity index is 1340. The fourth-order valence-corrected chi connectivity index (χ4v) is 6.09. The number of benzene rings is 3. The highest BCUT2D eigenvalue weighted by Crippen LogP contribution is 2.50. The van der Waals surface area contributed by atoms with Gasteiger partial charge >= 0.3 is 0 Å². The van der Waals surface area contributed by atoms with Crippen LogP contribution >= 0.6 is 23.2 Å². The number of sulfonamides is 1. The average molecular weight is 485 g/mol. The Morgan fingerprint density at radius 2 is 1.84 bits per heavy atom. The highest BCUT2D eigenvalue weighted by atomic mass is 35.5. The van der Waals surface area contributed by atoms with Gasteiger partial charge in [0.05, 0.1) is 21.0 Å². The lowest BCUT2D eigenvalue weighted by Gasteiger charge is -2.37. The average Bonchev–Trinajstić information content (AvgIpc) is 3.25. The summed E-state index contributed by atoms with van der Waals surface area (Å²) in [7, 11) is -3.70. The third-order valence-corrected chi connectivity index (χ3v) is 8.34. The van der Waals surface area contributed by atoms with Crippen molar-refractivity contribution in [3.63, 3.8) is 0 Å². The maximum atomic E-state index is 13.1. The summed E-state index contributed by atoms with van der Waals surface area (Å²) in [4.78, 5) is 0.256. The topological polar surface area (TPSA) is 58.2 Å². The number of halogens is 2. The van der Waals surface area contributed by atoms with E-state index in [2.05, 4.69) is 22.2 Å². The molecular formula is C25H22Cl2N2O2S. The normalized spacial score (nSPS) is 21.5. The highest BCUT2D eigenvalue weighted by molar-refractivity contribution is 7.92. The molecule has 2 N–H and O–H groups in total.